The Morgan fingerprint density at radius 1 is 1.50 bits per heavy atom. The van der Waals surface area contributed by atoms with Crippen molar-refractivity contribution in [1.29, 1.82) is 0 Å². The zero-order valence-corrected chi connectivity index (χ0v) is 14.6. The van der Waals surface area contributed by atoms with Gasteiger partial charge in [0.15, 0.2) is 0 Å². The molecule has 0 aromatic carbocycles. The summed E-state index contributed by atoms with van der Waals surface area (Å²) in [4.78, 5) is 32.3. The molecule has 7 nitrogen and oxygen atoms in total. The van der Waals surface area contributed by atoms with E-state index < -0.39 is 43.4 Å². The standard InChI is InChI=1S/C17H21F2N5O2/c1-11(2)22-8-13-6-12(4-5-21-13)16(26)23-9-15(25)24-10-17(18,19)7-14(24)20-3/h4-6,11,14,22H,7-10H2,1-2H3,(H,23,26). The van der Waals surface area contributed by atoms with Crippen LogP contribution in [0.4, 0.5) is 8.78 Å². The first-order valence-electron chi connectivity index (χ1n) is 8.22. The van der Waals surface area contributed by atoms with Crippen LogP contribution in [0.25, 0.3) is 4.85 Å². The van der Waals surface area contributed by atoms with E-state index in [0.29, 0.717) is 17.8 Å². The lowest BCUT2D eigenvalue weighted by Crippen LogP contribution is -2.42. The summed E-state index contributed by atoms with van der Waals surface area (Å²) >= 11 is 0. The van der Waals surface area contributed by atoms with Crippen LogP contribution in [0.5, 0.6) is 0 Å². The van der Waals surface area contributed by atoms with Gasteiger partial charge in [-0.15, -0.1) is 0 Å². The van der Waals surface area contributed by atoms with E-state index in [0.717, 1.165) is 4.90 Å². The maximum absolute atomic E-state index is 13.4. The summed E-state index contributed by atoms with van der Waals surface area (Å²) in [5.41, 5.74) is 0.992. The van der Waals surface area contributed by atoms with Gasteiger partial charge in [0.2, 0.25) is 5.91 Å². The van der Waals surface area contributed by atoms with E-state index in [-0.39, 0.29) is 6.04 Å². The van der Waals surface area contributed by atoms with Crippen molar-refractivity contribution < 1.29 is 18.4 Å². The topological polar surface area (TPSA) is 78.7 Å². The van der Waals surface area contributed by atoms with Gasteiger partial charge in [-0.05, 0) is 12.1 Å². The number of hydrogen-bond donors (Lipinski definition) is 2. The summed E-state index contributed by atoms with van der Waals surface area (Å²) in [6.45, 7) is 10.2. The summed E-state index contributed by atoms with van der Waals surface area (Å²) in [6.07, 6.45) is -0.374. The lowest BCUT2D eigenvalue weighted by Gasteiger charge is -2.16. The first kappa shape index (κ1) is 19.7. The summed E-state index contributed by atoms with van der Waals surface area (Å²) in [5, 5.41) is 5.59. The number of rotatable bonds is 6. The highest BCUT2D eigenvalue weighted by atomic mass is 19.3. The van der Waals surface area contributed by atoms with Crippen molar-refractivity contribution in [3.8, 4) is 0 Å². The van der Waals surface area contributed by atoms with Crippen molar-refractivity contribution in [3.63, 3.8) is 0 Å². The molecule has 9 heteroatoms. The zero-order valence-electron chi connectivity index (χ0n) is 14.6. The number of likely N-dealkylation sites (tertiary alicyclic amines) is 1. The number of carbonyl (C=O) groups is 2. The Morgan fingerprint density at radius 3 is 2.88 bits per heavy atom. The Bertz CT molecular complexity index is 717. The Balaban J connectivity index is 1.93. The normalized spacial score (nSPS) is 18.6. The molecule has 2 N–H and O–H groups in total. The number of halogens is 2. The highest BCUT2D eigenvalue weighted by Crippen LogP contribution is 2.32. The smallest absolute Gasteiger partial charge is 0.306 e. The van der Waals surface area contributed by atoms with E-state index in [9.17, 15) is 18.4 Å². The number of carbonyl (C=O) groups excluding carboxylic acids is 2. The van der Waals surface area contributed by atoms with Crippen molar-refractivity contribution in [1.82, 2.24) is 20.5 Å². The third-order valence-corrected chi connectivity index (χ3v) is 3.88. The van der Waals surface area contributed by atoms with Gasteiger partial charge in [0, 0.05) is 24.3 Å². The van der Waals surface area contributed by atoms with Crippen molar-refractivity contribution in [2.45, 2.75) is 44.9 Å². The van der Waals surface area contributed by atoms with Crippen LogP contribution in [0.3, 0.4) is 0 Å². The average Bonchev–Trinajstić information content (AvgIpc) is 2.92. The molecule has 1 aromatic heterocycles. The van der Waals surface area contributed by atoms with Crippen LogP contribution >= 0.6 is 0 Å². The van der Waals surface area contributed by atoms with Crippen molar-refractivity contribution in [2.24, 2.45) is 0 Å². The lowest BCUT2D eigenvalue weighted by atomic mass is 10.2. The van der Waals surface area contributed by atoms with Gasteiger partial charge in [0.05, 0.1) is 18.8 Å². The number of amides is 2. The number of nitrogens with one attached hydrogen (secondary N) is 2. The molecule has 0 spiro atoms. The molecule has 2 rings (SSSR count). The third kappa shape index (κ3) is 5.20. The molecular formula is C17H21F2N5O2. The van der Waals surface area contributed by atoms with Crippen molar-refractivity contribution in [2.75, 3.05) is 13.1 Å². The van der Waals surface area contributed by atoms with Crippen LogP contribution < -0.4 is 10.6 Å². The van der Waals surface area contributed by atoms with Crippen molar-refractivity contribution >= 4 is 11.8 Å². The van der Waals surface area contributed by atoms with Gasteiger partial charge in [-0.1, -0.05) is 13.8 Å². The van der Waals surface area contributed by atoms with Gasteiger partial charge in [-0.25, -0.2) is 15.4 Å². The Labute approximate surface area is 150 Å². The number of pyridine rings is 1. The highest BCUT2D eigenvalue weighted by Gasteiger charge is 2.50. The molecule has 2 heterocycles. The van der Waals surface area contributed by atoms with Crippen LogP contribution in [-0.2, 0) is 11.3 Å². The largest absolute Gasteiger partial charge is 0.343 e. The second-order valence-corrected chi connectivity index (χ2v) is 6.45. The minimum Gasteiger partial charge on any atom is -0.343 e. The fourth-order valence-electron chi connectivity index (χ4n) is 2.55. The molecule has 1 unspecified atom stereocenters. The Hall–Kier alpha value is -2.60. The Morgan fingerprint density at radius 2 is 2.23 bits per heavy atom. The molecule has 1 atom stereocenters. The quantitative estimate of drug-likeness (QED) is 0.748. The monoisotopic (exact) mass is 365 g/mol. The van der Waals surface area contributed by atoms with E-state index in [4.69, 9.17) is 6.57 Å². The van der Waals surface area contributed by atoms with Crippen LogP contribution in [0, 0.1) is 6.57 Å². The maximum atomic E-state index is 13.4. The average molecular weight is 365 g/mol. The minimum absolute atomic E-state index is 0.265. The van der Waals surface area contributed by atoms with E-state index in [1.54, 1.807) is 6.07 Å². The van der Waals surface area contributed by atoms with E-state index in [1.165, 1.54) is 12.3 Å². The fourth-order valence-corrected chi connectivity index (χ4v) is 2.55. The summed E-state index contributed by atoms with van der Waals surface area (Å²) in [7, 11) is 0. The summed E-state index contributed by atoms with van der Waals surface area (Å²) in [6, 6.07) is 3.37. The molecule has 1 fully saturated rings. The summed E-state index contributed by atoms with van der Waals surface area (Å²) in [5.74, 6) is -4.28. The third-order valence-electron chi connectivity index (χ3n) is 3.88. The van der Waals surface area contributed by atoms with E-state index in [1.807, 2.05) is 13.8 Å². The van der Waals surface area contributed by atoms with Crippen LogP contribution in [-0.4, -0.2) is 52.9 Å². The first-order valence-corrected chi connectivity index (χ1v) is 8.22. The molecule has 0 radical (unpaired) electrons. The van der Waals surface area contributed by atoms with Crippen LogP contribution in [0.1, 0.15) is 36.3 Å². The molecule has 2 amide bonds. The molecule has 26 heavy (non-hydrogen) atoms. The second-order valence-electron chi connectivity index (χ2n) is 6.45. The number of hydrogen-bond acceptors (Lipinski definition) is 4. The van der Waals surface area contributed by atoms with Crippen LogP contribution in [0.15, 0.2) is 18.3 Å². The van der Waals surface area contributed by atoms with Gasteiger partial charge in [-0.3, -0.25) is 24.3 Å². The van der Waals surface area contributed by atoms with Crippen LogP contribution in [0.2, 0.25) is 0 Å². The predicted molar refractivity (Wildman–Crippen MR) is 90.2 cm³/mol. The Kier molecular flexibility index (Phi) is 6.21. The van der Waals surface area contributed by atoms with Gasteiger partial charge in [0.1, 0.15) is 6.42 Å². The molecular weight excluding hydrogens is 344 g/mol. The first-order chi connectivity index (χ1) is 12.2. The number of alkyl halides is 2. The van der Waals surface area contributed by atoms with Crippen molar-refractivity contribution in [3.05, 3.63) is 41.0 Å². The molecule has 0 bridgehead atoms. The molecule has 1 aliphatic rings. The summed E-state index contributed by atoms with van der Waals surface area (Å²) < 4.78 is 26.8. The lowest BCUT2D eigenvalue weighted by molar-refractivity contribution is -0.131. The van der Waals surface area contributed by atoms with E-state index in [2.05, 4.69) is 20.5 Å². The number of nitrogens with zero attached hydrogens (tertiary/aromatic N) is 3. The van der Waals surface area contributed by atoms with Gasteiger partial charge in [-0.2, -0.15) is 0 Å². The molecule has 1 aromatic rings. The number of aromatic nitrogens is 1. The molecule has 0 saturated carbocycles. The maximum Gasteiger partial charge on any atom is 0.306 e. The predicted octanol–water partition coefficient (Wildman–Crippen LogP) is 1.42. The second kappa shape index (κ2) is 8.19. The molecule has 140 valence electrons. The SMILES string of the molecule is [C-]#[N+]C1CC(F)(F)CN1C(=O)CNC(=O)c1ccnc(CNC(C)C)c1. The molecule has 1 saturated heterocycles. The highest BCUT2D eigenvalue weighted by molar-refractivity contribution is 5.96. The fraction of sp³-hybridized carbons (Fsp3) is 0.529. The van der Waals surface area contributed by atoms with E-state index >= 15 is 0 Å². The van der Waals surface area contributed by atoms with Gasteiger partial charge < -0.3 is 10.6 Å². The zero-order chi connectivity index (χ0) is 19.3. The molecule has 0 aliphatic carbocycles. The molecule has 1 aliphatic heterocycles. The minimum atomic E-state index is -3.07. The van der Waals surface area contributed by atoms with Gasteiger partial charge >= 0.3 is 6.17 Å². The van der Waals surface area contributed by atoms with Gasteiger partial charge in [0.25, 0.3) is 11.8 Å².